The van der Waals surface area contributed by atoms with Crippen LogP contribution in [0.4, 0.5) is 13.2 Å². The van der Waals surface area contributed by atoms with E-state index in [1.54, 1.807) is 24.3 Å². The van der Waals surface area contributed by atoms with Crippen LogP contribution in [0.2, 0.25) is 0 Å². The molecular weight excluding hydrogens is 285 g/mol. The molecule has 0 saturated carbocycles. The summed E-state index contributed by atoms with van der Waals surface area (Å²) < 4.78 is 38.8. The summed E-state index contributed by atoms with van der Waals surface area (Å²) in [5.74, 6) is 9.98. The monoisotopic (exact) mass is 300 g/mol. The van der Waals surface area contributed by atoms with Crippen molar-refractivity contribution in [1.29, 1.82) is 0 Å². The Kier molecular flexibility index (Phi) is 5.50. The van der Waals surface area contributed by atoms with E-state index in [0.717, 1.165) is 37.3 Å². The summed E-state index contributed by atoms with van der Waals surface area (Å²) in [5.41, 5.74) is 0.558. The van der Waals surface area contributed by atoms with Crippen molar-refractivity contribution in [3.8, 4) is 23.7 Å². The highest BCUT2D eigenvalue weighted by molar-refractivity contribution is 5.45. The van der Waals surface area contributed by atoms with Crippen molar-refractivity contribution in [2.45, 2.75) is 31.9 Å². The van der Waals surface area contributed by atoms with Gasteiger partial charge in [-0.05, 0) is 43.4 Å². The lowest BCUT2D eigenvalue weighted by molar-refractivity contribution is -0.0871. The Hall–Kier alpha value is -2.39. The zero-order valence-corrected chi connectivity index (χ0v) is 12.0. The van der Waals surface area contributed by atoms with Crippen LogP contribution in [-0.4, -0.2) is 6.18 Å². The first-order valence-electron chi connectivity index (χ1n) is 7.11. The third-order valence-corrected chi connectivity index (χ3v) is 3.16. The lowest BCUT2D eigenvalue weighted by Crippen LogP contribution is -2.10. The quantitative estimate of drug-likeness (QED) is 0.589. The molecule has 0 unspecified atom stereocenters. The van der Waals surface area contributed by atoms with E-state index in [2.05, 4.69) is 23.7 Å². The fraction of sp³-hybridized carbons (Fsp3) is 0.263. The van der Waals surface area contributed by atoms with Gasteiger partial charge in [-0.15, -0.1) is 0 Å². The van der Waals surface area contributed by atoms with E-state index in [1.165, 1.54) is 0 Å². The van der Waals surface area contributed by atoms with E-state index in [-0.39, 0.29) is 0 Å². The first kappa shape index (κ1) is 16.0. The van der Waals surface area contributed by atoms with Crippen LogP contribution in [0, 0.1) is 23.7 Å². The molecule has 0 fully saturated rings. The topological polar surface area (TPSA) is 0 Å². The molecule has 0 saturated heterocycles. The number of hydrogen-bond donors (Lipinski definition) is 0. The lowest BCUT2D eigenvalue weighted by atomic mass is 10.00. The van der Waals surface area contributed by atoms with Gasteiger partial charge in [0.1, 0.15) is 5.57 Å². The van der Waals surface area contributed by atoms with Gasteiger partial charge in [0.05, 0.1) is 0 Å². The van der Waals surface area contributed by atoms with Crippen LogP contribution in [0.1, 0.15) is 31.2 Å². The van der Waals surface area contributed by atoms with Crippen LogP contribution in [0.5, 0.6) is 0 Å². The van der Waals surface area contributed by atoms with E-state index in [1.807, 2.05) is 12.1 Å². The second kappa shape index (κ2) is 7.57. The fourth-order valence-corrected chi connectivity index (χ4v) is 2.00. The third kappa shape index (κ3) is 5.19. The molecule has 2 rings (SSSR count). The summed E-state index contributed by atoms with van der Waals surface area (Å²) in [6.45, 7) is 0. The summed E-state index contributed by atoms with van der Waals surface area (Å²) in [6.07, 6.45) is 2.00. The molecule has 1 aliphatic carbocycles. The van der Waals surface area contributed by atoms with E-state index in [0.29, 0.717) is 5.56 Å². The molecule has 1 aromatic rings. The predicted octanol–water partition coefficient (Wildman–Crippen LogP) is 5.03. The van der Waals surface area contributed by atoms with Gasteiger partial charge in [-0.3, -0.25) is 0 Å². The minimum atomic E-state index is -4.48. The number of benzene rings is 1. The van der Waals surface area contributed by atoms with Crippen LogP contribution < -0.4 is 0 Å². The Morgan fingerprint density at radius 2 is 1.82 bits per heavy atom. The molecule has 0 aromatic heterocycles. The number of hydrogen-bond acceptors (Lipinski definition) is 0. The molecule has 3 heteroatoms. The van der Waals surface area contributed by atoms with Gasteiger partial charge in [-0.25, -0.2) is 0 Å². The average molecular weight is 300 g/mol. The number of rotatable bonds is 0. The first-order chi connectivity index (χ1) is 10.6. The molecule has 0 radical (unpaired) electrons. The molecule has 0 aliphatic heterocycles. The van der Waals surface area contributed by atoms with Gasteiger partial charge in [-0.1, -0.05) is 48.0 Å². The van der Waals surface area contributed by atoms with Crippen LogP contribution in [0.25, 0.3) is 0 Å². The van der Waals surface area contributed by atoms with Crippen molar-refractivity contribution in [1.82, 2.24) is 0 Å². The standard InChI is InChI=1S/C19H15F3/c20-19(21,22)18(15-14-17-10-5-2-6-11-17)13-7-12-16-8-3-1-4-9-16/h1,3-4,8-10,13H,2,5-6,11H2/b18-13+. The molecule has 0 amide bonds. The molecule has 1 aromatic carbocycles. The van der Waals surface area contributed by atoms with Crippen molar-refractivity contribution >= 4 is 0 Å². The Balaban J connectivity index is 2.20. The van der Waals surface area contributed by atoms with Gasteiger partial charge in [0.15, 0.2) is 0 Å². The van der Waals surface area contributed by atoms with Gasteiger partial charge >= 0.3 is 6.18 Å². The van der Waals surface area contributed by atoms with E-state index >= 15 is 0 Å². The molecule has 112 valence electrons. The normalized spacial score (nSPS) is 15.0. The second-order valence-electron chi connectivity index (χ2n) is 4.92. The van der Waals surface area contributed by atoms with Crippen LogP contribution in [0.3, 0.4) is 0 Å². The lowest BCUT2D eigenvalue weighted by Gasteiger charge is -2.07. The van der Waals surface area contributed by atoms with E-state index in [9.17, 15) is 13.2 Å². The summed E-state index contributed by atoms with van der Waals surface area (Å²) in [5, 5.41) is 0. The minimum Gasteiger partial charge on any atom is -0.165 e. The number of allylic oxidation sites excluding steroid dienone is 4. The Morgan fingerprint density at radius 1 is 1.05 bits per heavy atom. The van der Waals surface area contributed by atoms with Crippen LogP contribution in [-0.2, 0) is 0 Å². The Bertz CT molecular complexity index is 683. The van der Waals surface area contributed by atoms with Crippen LogP contribution in [0.15, 0.2) is 53.6 Å². The average Bonchev–Trinajstić information content (AvgIpc) is 2.51. The van der Waals surface area contributed by atoms with Gasteiger partial charge in [-0.2, -0.15) is 13.2 Å². The highest BCUT2D eigenvalue weighted by Gasteiger charge is 2.32. The largest absolute Gasteiger partial charge is 0.424 e. The van der Waals surface area contributed by atoms with Gasteiger partial charge < -0.3 is 0 Å². The van der Waals surface area contributed by atoms with Crippen molar-refractivity contribution in [3.63, 3.8) is 0 Å². The van der Waals surface area contributed by atoms with Crippen molar-refractivity contribution in [2.75, 3.05) is 0 Å². The predicted molar refractivity (Wildman–Crippen MR) is 81.8 cm³/mol. The van der Waals surface area contributed by atoms with Crippen molar-refractivity contribution < 1.29 is 13.2 Å². The van der Waals surface area contributed by atoms with Crippen LogP contribution >= 0.6 is 0 Å². The highest BCUT2D eigenvalue weighted by atomic mass is 19.4. The van der Waals surface area contributed by atoms with Gasteiger partial charge in [0.2, 0.25) is 0 Å². The molecule has 22 heavy (non-hydrogen) atoms. The molecule has 0 heterocycles. The molecule has 0 atom stereocenters. The highest BCUT2D eigenvalue weighted by Crippen LogP contribution is 2.25. The maximum Gasteiger partial charge on any atom is 0.424 e. The summed E-state index contributed by atoms with van der Waals surface area (Å²) in [6, 6.07) is 8.88. The van der Waals surface area contributed by atoms with Crippen molar-refractivity contribution in [3.05, 3.63) is 59.2 Å². The zero-order valence-electron chi connectivity index (χ0n) is 12.0. The first-order valence-corrected chi connectivity index (χ1v) is 7.11. The molecule has 0 nitrogen and oxygen atoms in total. The maximum absolute atomic E-state index is 12.9. The molecule has 0 spiro atoms. The second-order valence-corrected chi connectivity index (χ2v) is 4.92. The van der Waals surface area contributed by atoms with E-state index < -0.39 is 11.7 Å². The maximum atomic E-state index is 12.9. The minimum absolute atomic E-state index is 0.670. The zero-order chi connectivity index (χ0) is 15.8. The molecule has 1 aliphatic rings. The molecule has 0 bridgehead atoms. The third-order valence-electron chi connectivity index (χ3n) is 3.16. The summed E-state index contributed by atoms with van der Waals surface area (Å²) in [7, 11) is 0. The van der Waals surface area contributed by atoms with Crippen molar-refractivity contribution in [2.24, 2.45) is 0 Å². The summed E-state index contributed by atoms with van der Waals surface area (Å²) >= 11 is 0. The number of alkyl halides is 3. The number of halogens is 3. The Morgan fingerprint density at radius 3 is 2.45 bits per heavy atom. The molecule has 0 N–H and O–H groups in total. The van der Waals surface area contributed by atoms with E-state index in [4.69, 9.17) is 0 Å². The SMILES string of the molecule is FC(F)(F)/C(C#CC1=CCCCC1)=C/C#Cc1ccccc1. The van der Waals surface area contributed by atoms with Gasteiger partial charge in [0.25, 0.3) is 0 Å². The molecular formula is C19H15F3. The Labute approximate surface area is 128 Å². The summed E-state index contributed by atoms with van der Waals surface area (Å²) in [4.78, 5) is 0. The van der Waals surface area contributed by atoms with Gasteiger partial charge in [0, 0.05) is 11.6 Å². The smallest absolute Gasteiger partial charge is 0.165 e. The fourth-order valence-electron chi connectivity index (χ4n) is 2.00.